The van der Waals surface area contributed by atoms with Crippen LogP contribution in [0.4, 0.5) is 11.4 Å². The molecular weight excluding hydrogens is 478 g/mol. The maximum Gasteiger partial charge on any atom is 0.323 e. The third-order valence-corrected chi connectivity index (χ3v) is 8.82. The topological polar surface area (TPSA) is 116 Å². The van der Waals surface area contributed by atoms with Crippen LogP contribution < -0.4 is 26.1 Å². The molecule has 2 aromatic rings. The molecule has 2 heterocycles. The minimum atomic E-state index is -0.710. The van der Waals surface area contributed by atoms with E-state index in [4.69, 9.17) is 16.2 Å². The lowest BCUT2D eigenvalue weighted by molar-refractivity contribution is -0.353. The van der Waals surface area contributed by atoms with Crippen molar-refractivity contribution in [3.05, 3.63) is 65.4 Å². The molecule has 4 aliphatic rings. The van der Waals surface area contributed by atoms with Gasteiger partial charge in [-0.25, -0.2) is 4.99 Å². The third-order valence-electron chi connectivity index (χ3n) is 8.82. The van der Waals surface area contributed by atoms with Gasteiger partial charge in [0, 0.05) is 41.7 Å². The predicted octanol–water partition coefficient (Wildman–Crippen LogP) is 1.50. The number of nitrogens with one attached hydrogen (secondary N) is 1. The zero-order valence-electron chi connectivity index (χ0n) is 22.0. The number of likely N-dealkylation sites (tertiary alicyclic amines) is 1. The van der Waals surface area contributed by atoms with Crippen molar-refractivity contribution in [1.82, 2.24) is 4.90 Å². The summed E-state index contributed by atoms with van der Waals surface area (Å²) in [7, 11) is 1.60. The Hall–Kier alpha value is -3.65. The third kappa shape index (κ3) is 4.36. The number of piperidine rings is 1. The van der Waals surface area contributed by atoms with Crippen LogP contribution in [-0.4, -0.2) is 55.7 Å². The van der Waals surface area contributed by atoms with E-state index in [9.17, 15) is 9.59 Å². The molecule has 0 aromatic heterocycles. The first-order valence-corrected chi connectivity index (χ1v) is 13.6. The number of ether oxygens (including phenoxy) is 1. The van der Waals surface area contributed by atoms with Crippen LogP contribution in [0, 0.1) is 5.41 Å². The number of carbonyl (C=O) groups is 2. The lowest BCUT2D eigenvalue weighted by Gasteiger charge is -2.34. The van der Waals surface area contributed by atoms with Crippen LogP contribution in [0.25, 0.3) is 0 Å². The molecule has 0 bridgehead atoms. The van der Waals surface area contributed by atoms with Crippen molar-refractivity contribution in [2.75, 3.05) is 38.2 Å². The number of benzene rings is 2. The molecule has 0 radical (unpaired) electrons. The molecule has 2 saturated carbocycles. The lowest BCUT2D eigenvalue weighted by atomic mass is 9.84. The molecule has 5 N–H and O–H groups in total. The Bertz CT molecular complexity index is 1310. The summed E-state index contributed by atoms with van der Waals surface area (Å²) in [5.74, 6) is -0.219. The molecule has 2 aromatic carbocycles. The number of nitrogens with two attached hydrogens (primary N) is 2. The van der Waals surface area contributed by atoms with Gasteiger partial charge in [-0.3, -0.25) is 9.59 Å². The van der Waals surface area contributed by atoms with Crippen molar-refractivity contribution < 1.29 is 19.3 Å². The Morgan fingerprint density at radius 3 is 2.18 bits per heavy atom. The SMILES string of the molecule is COc1ccc([NH+]=C2C(=O)N(c3ccc(C4(CN5CCCC5)CC4)cc3)CC3(CC3)C2=C(N)C(N)=O)cc1. The molecule has 2 saturated heterocycles. The highest BCUT2D eigenvalue weighted by Crippen LogP contribution is 2.56. The van der Waals surface area contributed by atoms with E-state index >= 15 is 0 Å². The first-order chi connectivity index (χ1) is 18.3. The van der Waals surface area contributed by atoms with Gasteiger partial charge in [-0.15, -0.1) is 0 Å². The largest absolute Gasteiger partial charge is 0.497 e. The minimum Gasteiger partial charge on any atom is -0.497 e. The number of primary amides is 1. The number of carbonyl (C=O) groups excluding carboxylic acids is 2. The van der Waals surface area contributed by atoms with Crippen molar-refractivity contribution in [1.29, 1.82) is 0 Å². The highest BCUT2D eigenvalue weighted by molar-refractivity contribution is 6.49. The van der Waals surface area contributed by atoms with Crippen LogP contribution >= 0.6 is 0 Å². The monoisotopic (exact) mass is 514 g/mol. The van der Waals surface area contributed by atoms with Crippen molar-refractivity contribution in [3.63, 3.8) is 0 Å². The van der Waals surface area contributed by atoms with Gasteiger partial charge in [0.2, 0.25) is 5.69 Å². The second-order valence-corrected chi connectivity index (χ2v) is 11.4. The maximum absolute atomic E-state index is 14.0. The van der Waals surface area contributed by atoms with E-state index in [1.54, 1.807) is 7.11 Å². The van der Waals surface area contributed by atoms with Crippen molar-refractivity contribution >= 4 is 28.9 Å². The number of methoxy groups -OCH3 is 1. The summed E-state index contributed by atoms with van der Waals surface area (Å²) >= 11 is 0. The maximum atomic E-state index is 14.0. The average Bonchev–Trinajstić information content (AvgIpc) is 3.83. The van der Waals surface area contributed by atoms with Gasteiger partial charge >= 0.3 is 5.91 Å². The van der Waals surface area contributed by atoms with Crippen LogP contribution in [0.3, 0.4) is 0 Å². The van der Waals surface area contributed by atoms with E-state index in [0.717, 1.165) is 25.1 Å². The van der Waals surface area contributed by atoms with E-state index in [1.807, 2.05) is 29.2 Å². The highest BCUT2D eigenvalue weighted by Gasteiger charge is 2.58. The highest BCUT2D eigenvalue weighted by atomic mass is 16.5. The summed E-state index contributed by atoms with van der Waals surface area (Å²) in [5.41, 5.74) is 15.5. The summed E-state index contributed by atoms with van der Waals surface area (Å²) in [6, 6.07) is 15.8. The van der Waals surface area contributed by atoms with Crippen LogP contribution in [-0.2, 0) is 15.0 Å². The number of anilines is 1. The standard InChI is InChI=1S/C30H35N5O3/c1-38-23-10-6-21(7-11-23)33-26-24(25(31)27(32)36)30(14-15-30)19-35(28(26)37)22-8-4-20(5-9-22)29(12-13-29)18-34-16-2-3-17-34/h4-11H,2-3,12-19,31H2,1H3,(H2,32,36)/p+1. The van der Waals surface area contributed by atoms with Gasteiger partial charge in [-0.2, -0.15) is 0 Å². The molecule has 2 aliphatic carbocycles. The zero-order valence-corrected chi connectivity index (χ0v) is 22.0. The van der Waals surface area contributed by atoms with E-state index in [-0.39, 0.29) is 22.4 Å². The second-order valence-electron chi connectivity index (χ2n) is 11.4. The number of rotatable bonds is 7. The molecule has 0 unspecified atom stereocenters. The summed E-state index contributed by atoms with van der Waals surface area (Å²) in [6.07, 6.45) is 6.72. The quantitative estimate of drug-likeness (QED) is 0.485. The zero-order chi connectivity index (χ0) is 26.5. The Labute approximate surface area is 223 Å². The molecular formula is C30H36N5O3+. The van der Waals surface area contributed by atoms with Crippen LogP contribution in [0.15, 0.2) is 59.8 Å². The van der Waals surface area contributed by atoms with Gasteiger partial charge in [-0.05, 0) is 81.4 Å². The van der Waals surface area contributed by atoms with Crippen LogP contribution in [0.1, 0.15) is 44.1 Å². The summed E-state index contributed by atoms with van der Waals surface area (Å²) in [4.78, 5) is 33.8. The van der Waals surface area contributed by atoms with Crippen molar-refractivity contribution in [2.45, 2.75) is 43.9 Å². The Balaban J connectivity index is 1.33. The lowest BCUT2D eigenvalue weighted by Crippen LogP contribution is -2.73. The molecule has 38 heavy (non-hydrogen) atoms. The Kier molecular flexibility index (Phi) is 6.02. The number of amides is 2. The van der Waals surface area contributed by atoms with E-state index in [0.29, 0.717) is 29.3 Å². The number of hydrogen-bond donors (Lipinski definition) is 3. The van der Waals surface area contributed by atoms with Gasteiger partial charge in [0.1, 0.15) is 11.4 Å². The molecule has 4 fully saturated rings. The first-order valence-electron chi connectivity index (χ1n) is 13.6. The summed E-state index contributed by atoms with van der Waals surface area (Å²) < 4.78 is 5.26. The molecule has 8 nitrogen and oxygen atoms in total. The molecule has 2 amide bonds. The second kappa shape index (κ2) is 9.27. The molecule has 2 aliphatic heterocycles. The number of hydrogen-bond acceptors (Lipinski definition) is 5. The molecule has 8 heteroatoms. The predicted molar refractivity (Wildman–Crippen MR) is 146 cm³/mol. The molecule has 198 valence electrons. The van der Waals surface area contributed by atoms with Crippen LogP contribution in [0.5, 0.6) is 5.75 Å². The normalized spacial score (nSPS) is 24.1. The van der Waals surface area contributed by atoms with Gasteiger partial charge in [0.25, 0.3) is 11.6 Å². The van der Waals surface area contributed by atoms with Gasteiger partial charge in [0.15, 0.2) is 0 Å². The fourth-order valence-corrected chi connectivity index (χ4v) is 6.26. The van der Waals surface area contributed by atoms with E-state index in [2.05, 4.69) is 34.2 Å². The summed E-state index contributed by atoms with van der Waals surface area (Å²) in [5, 5.41) is 0. The van der Waals surface area contributed by atoms with Gasteiger partial charge < -0.3 is 26.0 Å². The smallest absolute Gasteiger partial charge is 0.323 e. The van der Waals surface area contributed by atoms with Crippen molar-refractivity contribution in [3.8, 4) is 5.75 Å². The van der Waals surface area contributed by atoms with E-state index in [1.165, 1.54) is 44.3 Å². The average molecular weight is 515 g/mol. The first kappa shape index (κ1) is 24.7. The molecule has 6 rings (SSSR count). The van der Waals surface area contributed by atoms with Gasteiger partial charge in [-0.1, -0.05) is 12.1 Å². The molecule has 1 spiro atoms. The molecule has 0 atom stereocenters. The van der Waals surface area contributed by atoms with Gasteiger partial charge in [0.05, 0.1) is 12.7 Å². The fraction of sp³-hybridized carbons (Fsp3) is 0.433. The number of nitrogens with zero attached hydrogens (tertiary/aromatic N) is 2. The Morgan fingerprint density at radius 2 is 1.63 bits per heavy atom. The van der Waals surface area contributed by atoms with Crippen molar-refractivity contribution in [2.24, 2.45) is 16.9 Å². The minimum absolute atomic E-state index is 0.0422. The Morgan fingerprint density at radius 1 is 0.974 bits per heavy atom. The van der Waals surface area contributed by atoms with Crippen LogP contribution in [0.2, 0.25) is 0 Å². The van der Waals surface area contributed by atoms with E-state index < -0.39 is 5.91 Å². The fourth-order valence-electron chi connectivity index (χ4n) is 6.26. The summed E-state index contributed by atoms with van der Waals surface area (Å²) in [6.45, 7) is 4.01.